The average Bonchev–Trinajstić information content (AvgIpc) is 2.52. The SMILES string of the molecule is CN(C(=O)COc1ccccc1C(C)(C)C)C1CCCCC1. The van der Waals surface area contributed by atoms with Crippen molar-refractivity contribution in [2.45, 2.75) is 64.3 Å². The largest absolute Gasteiger partial charge is 0.483 e. The van der Waals surface area contributed by atoms with Gasteiger partial charge in [0.15, 0.2) is 6.61 Å². The number of amides is 1. The van der Waals surface area contributed by atoms with Crippen LogP contribution in [0.4, 0.5) is 0 Å². The highest BCUT2D eigenvalue weighted by Crippen LogP contribution is 2.31. The van der Waals surface area contributed by atoms with E-state index in [0.29, 0.717) is 6.04 Å². The maximum absolute atomic E-state index is 12.4. The first kappa shape index (κ1) is 16.9. The van der Waals surface area contributed by atoms with Crippen molar-refractivity contribution in [3.8, 4) is 5.75 Å². The van der Waals surface area contributed by atoms with Gasteiger partial charge in [-0.2, -0.15) is 0 Å². The highest BCUT2D eigenvalue weighted by molar-refractivity contribution is 5.77. The van der Waals surface area contributed by atoms with Gasteiger partial charge >= 0.3 is 0 Å². The van der Waals surface area contributed by atoms with Crippen molar-refractivity contribution in [2.24, 2.45) is 0 Å². The molecule has 0 N–H and O–H groups in total. The second-order valence-electron chi connectivity index (χ2n) is 7.33. The predicted octanol–water partition coefficient (Wildman–Crippen LogP) is 4.15. The van der Waals surface area contributed by atoms with Crippen molar-refractivity contribution in [2.75, 3.05) is 13.7 Å². The third-order valence-electron chi connectivity index (χ3n) is 4.56. The number of hydrogen-bond acceptors (Lipinski definition) is 2. The van der Waals surface area contributed by atoms with Gasteiger partial charge in [0.05, 0.1) is 0 Å². The van der Waals surface area contributed by atoms with Crippen LogP contribution in [0, 0.1) is 0 Å². The van der Waals surface area contributed by atoms with Crippen LogP contribution in [0.15, 0.2) is 24.3 Å². The summed E-state index contributed by atoms with van der Waals surface area (Å²) in [4.78, 5) is 14.3. The average molecular weight is 303 g/mol. The summed E-state index contributed by atoms with van der Waals surface area (Å²) in [5.74, 6) is 0.899. The van der Waals surface area contributed by atoms with Crippen molar-refractivity contribution in [1.29, 1.82) is 0 Å². The van der Waals surface area contributed by atoms with Gasteiger partial charge in [-0.25, -0.2) is 0 Å². The van der Waals surface area contributed by atoms with Crippen LogP contribution in [0.2, 0.25) is 0 Å². The van der Waals surface area contributed by atoms with Crippen LogP contribution in [-0.2, 0) is 10.2 Å². The van der Waals surface area contributed by atoms with E-state index in [1.54, 1.807) is 0 Å². The zero-order valence-electron chi connectivity index (χ0n) is 14.4. The minimum Gasteiger partial charge on any atom is -0.483 e. The molecule has 0 radical (unpaired) electrons. The Morgan fingerprint density at radius 3 is 2.45 bits per heavy atom. The van der Waals surface area contributed by atoms with Crippen LogP contribution >= 0.6 is 0 Å². The lowest BCUT2D eigenvalue weighted by molar-refractivity contribution is -0.134. The van der Waals surface area contributed by atoms with E-state index in [4.69, 9.17) is 4.74 Å². The number of rotatable bonds is 4. The Balaban J connectivity index is 1.96. The van der Waals surface area contributed by atoms with E-state index in [9.17, 15) is 4.79 Å². The standard InChI is InChI=1S/C19H29NO2/c1-19(2,3)16-12-8-9-13-17(16)22-14-18(21)20(4)15-10-6-5-7-11-15/h8-9,12-13,15H,5-7,10-11,14H2,1-4H3. The first-order valence-corrected chi connectivity index (χ1v) is 8.37. The minimum atomic E-state index is 0.00884. The van der Waals surface area contributed by atoms with Gasteiger partial charge in [0.25, 0.3) is 5.91 Å². The zero-order chi connectivity index (χ0) is 16.2. The zero-order valence-corrected chi connectivity index (χ0v) is 14.4. The molecule has 1 fully saturated rings. The summed E-state index contributed by atoms with van der Waals surface area (Å²) in [6.07, 6.45) is 6.02. The van der Waals surface area contributed by atoms with Crippen LogP contribution in [0.1, 0.15) is 58.4 Å². The second kappa shape index (κ2) is 7.17. The smallest absolute Gasteiger partial charge is 0.260 e. The molecule has 0 unspecified atom stereocenters. The van der Waals surface area contributed by atoms with Crippen LogP contribution in [0.3, 0.4) is 0 Å². The third kappa shape index (κ3) is 4.25. The predicted molar refractivity (Wildman–Crippen MR) is 90.3 cm³/mol. The number of carbonyl (C=O) groups is 1. The molecule has 1 saturated carbocycles. The maximum Gasteiger partial charge on any atom is 0.260 e. The second-order valence-corrected chi connectivity index (χ2v) is 7.33. The highest BCUT2D eigenvalue weighted by atomic mass is 16.5. The van der Waals surface area contributed by atoms with Crippen LogP contribution in [-0.4, -0.2) is 30.5 Å². The van der Waals surface area contributed by atoms with Crippen LogP contribution in [0.5, 0.6) is 5.75 Å². The number of carbonyl (C=O) groups excluding carboxylic acids is 1. The van der Waals surface area contributed by atoms with E-state index in [1.807, 2.05) is 30.1 Å². The molecule has 3 heteroatoms. The van der Waals surface area contributed by atoms with Gasteiger partial charge in [-0.1, -0.05) is 58.2 Å². The van der Waals surface area contributed by atoms with Gasteiger partial charge in [0.1, 0.15) is 5.75 Å². The lowest BCUT2D eigenvalue weighted by atomic mass is 9.86. The molecule has 22 heavy (non-hydrogen) atoms. The first-order chi connectivity index (χ1) is 10.4. The molecular formula is C19H29NO2. The number of ether oxygens (including phenoxy) is 1. The summed E-state index contributed by atoms with van der Waals surface area (Å²) < 4.78 is 5.85. The fourth-order valence-electron chi connectivity index (χ4n) is 3.13. The molecule has 122 valence electrons. The summed E-state index contributed by atoms with van der Waals surface area (Å²) in [5, 5.41) is 0. The topological polar surface area (TPSA) is 29.5 Å². The summed E-state index contributed by atoms with van der Waals surface area (Å²) in [5.41, 5.74) is 1.15. The fraction of sp³-hybridized carbons (Fsp3) is 0.632. The number of hydrogen-bond donors (Lipinski definition) is 0. The molecular weight excluding hydrogens is 274 g/mol. The Morgan fingerprint density at radius 1 is 1.18 bits per heavy atom. The molecule has 0 saturated heterocycles. The molecule has 2 rings (SSSR count). The summed E-state index contributed by atoms with van der Waals surface area (Å²) in [6.45, 7) is 6.60. The van der Waals surface area contributed by atoms with E-state index in [0.717, 1.165) is 24.2 Å². The normalized spacial score (nSPS) is 16.4. The van der Waals surface area contributed by atoms with Gasteiger partial charge < -0.3 is 9.64 Å². The quantitative estimate of drug-likeness (QED) is 0.836. The molecule has 1 aliphatic rings. The Hall–Kier alpha value is -1.51. The van der Waals surface area contributed by atoms with Crippen molar-refractivity contribution < 1.29 is 9.53 Å². The van der Waals surface area contributed by atoms with Gasteiger partial charge in [0.2, 0.25) is 0 Å². The Kier molecular flexibility index (Phi) is 5.49. The summed E-state index contributed by atoms with van der Waals surface area (Å²) in [7, 11) is 1.91. The van der Waals surface area contributed by atoms with E-state index < -0.39 is 0 Å². The monoisotopic (exact) mass is 303 g/mol. The van der Waals surface area contributed by atoms with Gasteiger partial charge in [0, 0.05) is 13.1 Å². The third-order valence-corrected chi connectivity index (χ3v) is 4.56. The Morgan fingerprint density at radius 2 is 1.82 bits per heavy atom. The number of para-hydroxylation sites is 1. The van der Waals surface area contributed by atoms with E-state index in [2.05, 4.69) is 26.8 Å². The van der Waals surface area contributed by atoms with Gasteiger partial charge in [-0.05, 0) is 29.9 Å². The molecule has 0 aromatic heterocycles. The summed E-state index contributed by atoms with van der Waals surface area (Å²) in [6, 6.07) is 8.39. The first-order valence-electron chi connectivity index (χ1n) is 8.37. The van der Waals surface area contributed by atoms with E-state index in [1.165, 1.54) is 19.3 Å². The molecule has 1 aliphatic carbocycles. The van der Waals surface area contributed by atoms with Crippen molar-refractivity contribution in [1.82, 2.24) is 4.90 Å². The van der Waals surface area contributed by atoms with Gasteiger partial charge in [-0.15, -0.1) is 0 Å². The molecule has 1 aromatic rings. The number of nitrogens with zero attached hydrogens (tertiary/aromatic N) is 1. The molecule has 3 nitrogen and oxygen atoms in total. The molecule has 0 bridgehead atoms. The highest BCUT2D eigenvalue weighted by Gasteiger charge is 2.23. The van der Waals surface area contributed by atoms with Gasteiger partial charge in [-0.3, -0.25) is 4.79 Å². The molecule has 0 spiro atoms. The van der Waals surface area contributed by atoms with Crippen molar-refractivity contribution in [3.05, 3.63) is 29.8 Å². The molecule has 0 heterocycles. The lowest BCUT2D eigenvalue weighted by Gasteiger charge is -2.31. The molecule has 1 aromatic carbocycles. The number of likely N-dealkylation sites (N-methyl/N-ethyl adjacent to an activating group) is 1. The fourth-order valence-corrected chi connectivity index (χ4v) is 3.13. The van der Waals surface area contributed by atoms with Crippen molar-refractivity contribution >= 4 is 5.91 Å². The van der Waals surface area contributed by atoms with Crippen LogP contribution < -0.4 is 4.74 Å². The maximum atomic E-state index is 12.4. The minimum absolute atomic E-state index is 0.00884. The lowest BCUT2D eigenvalue weighted by Crippen LogP contribution is -2.40. The summed E-state index contributed by atoms with van der Waals surface area (Å²) >= 11 is 0. The van der Waals surface area contributed by atoms with E-state index in [-0.39, 0.29) is 17.9 Å². The number of benzene rings is 1. The molecule has 0 atom stereocenters. The van der Waals surface area contributed by atoms with Crippen LogP contribution in [0.25, 0.3) is 0 Å². The van der Waals surface area contributed by atoms with Crippen molar-refractivity contribution in [3.63, 3.8) is 0 Å². The Bertz CT molecular complexity index is 498. The van der Waals surface area contributed by atoms with E-state index >= 15 is 0 Å². The molecule has 1 amide bonds. The molecule has 0 aliphatic heterocycles. The Labute approximate surface area is 134 Å².